The van der Waals surface area contributed by atoms with Gasteiger partial charge in [-0.3, -0.25) is 0 Å². The highest BCUT2D eigenvalue weighted by Gasteiger charge is 2.07. The van der Waals surface area contributed by atoms with Gasteiger partial charge in [0.2, 0.25) is 0 Å². The number of rotatable bonds is 5. The molecule has 1 aromatic carbocycles. The van der Waals surface area contributed by atoms with Gasteiger partial charge in [0.15, 0.2) is 0 Å². The molecule has 15 heavy (non-hydrogen) atoms. The van der Waals surface area contributed by atoms with Crippen molar-refractivity contribution in [2.75, 3.05) is 20.3 Å². The molecule has 0 aliphatic heterocycles. The number of carbonyl (C=O) groups is 1. The van der Waals surface area contributed by atoms with Gasteiger partial charge in [0.1, 0.15) is 12.4 Å². The predicted molar refractivity (Wildman–Crippen MR) is 55.8 cm³/mol. The molecule has 1 aromatic rings. The second-order valence-corrected chi connectivity index (χ2v) is 3.20. The van der Waals surface area contributed by atoms with Crippen molar-refractivity contribution < 1.29 is 19.4 Å². The molecular formula is C10H11ClO4. The van der Waals surface area contributed by atoms with Gasteiger partial charge in [-0.05, 0) is 18.2 Å². The van der Waals surface area contributed by atoms with Crippen molar-refractivity contribution in [1.82, 2.24) is 0 Å². The van der Waals surface area contributed by atoms with Crippen LogP contribution >= 0.6 is 11.6 Å². The van der Waals surface area contributed by atoms with Crippen LogP contribution in [0, 0.1) is 0 Å². The first-order valence-corrected chi connectivity index (χ1v) is 4.67. The van der Waals surface area contributed by atoms with Gasteiger partial charge >= 0.3 is 5.97 Å². The summed E-state index contributed by atoms with van der Waals surface area (Å²) in [6.45, 7) is 0.833. The van der Waals surface area contributed by atoms with E-state index in [1.54, 1.807) is 7.11 Å². The number of benzene rings is 1. The predicted octanol–water partition coefficient (Wildman–Crippen LogP) is 2.06. The third kappa shape index (κ3) is 3.42. The van der Waals surface area contributed by atoms with Crippen LogP contribution in [-0.4, -0.2) is 31.4 Å². The lowest BCUT2D eigenvalue weighted by Gasteiger charge is -2.07. The van der Waals surface area contributed by atoms with E-state index in [9.17, 15) is 4.79 Å². The van der Waals surface area contributed by atoms with Gasteiger partial charge in [-0.15, -0.1) is 0 Å². The average Bonchev–Trinajstić information content (AvgIpc) is 2.20. The van der Waals surface area contributed by atoms with E-state index in [4.69, 9.17) is 26.2 Å². The standard InChI is InChI=1S/C10H11ClO4/c1-14-4-5-15-9-3-2-7(10(12)13)6-8(9)11/h2-3,6H,4-5H2,1H3,(H,12,13). The summed E-state index contributed by atoms with van der Waals surface area (Å²) in [4.78, 5) is 10.6. The molecule has 0 aliphatic rings. The van der Waals surface area contributed by atoms with Crippen LogP contribution in [0.2, 0.25) is 5.02 Å². The first-order valence-electron chi connectivity index (χ1n) is 4.29. The molecule has 0 aromatic heterocycles. The molecule has 0 bridgehead atoms. The summed E-state index contributed by atoms with van der Waals surface area (Å²) in [7, 11) is 1.57. The zero-order valence-electron chi connectivity index (χ0n) is 8.20. The fraction of sp³-hybridized carbons (Fsp3) is 0.300. The van der Waals surface area contributed by atoms with Crippen LogP contribution in [0.15, 0.2) is 18.2 Å². The minimum absolute atomic E-state index is 0.138. The Morgan fingerprint density at radius 1 is 1.47 bits per heavy atom. The molecule has 0 radical (unpaired) electrons. The molecule has 1 rings (SSSR count). The maximum absolute atomic E-state index is 10.6. The number of carboxylic acid groups (broad SMARTS) is 1. The van der Waals surface area contributed by atoms with E-state index >= 15 is 0 Å². The molecule has 0 fully saturated rings. The van der Waals surface area contributed by atoms with Crippen molar-refractivity contribution in [3.05, 3.63) is 28.8 Å². The minimum atomic E-state index is -1.01. The van der Waals surface area contributed by atoms with Crippen LogP contribution in [0.25, 0.3) is 0 Å². The van der Waals surface area contributed by atoms with Gasteiger partial charge in [0, 0.05) is 7.11 Å². The minimum Gasteiger partial charge on any atom is -0.490 e. The Morgan fingerprint density at radius 2 is 2.20 bits per heavy atom. The largest absolute Gasteiger partial charge is 0.490 e. The molecule has 0 amide bonds. The van der Waals surface area contributed by atoms with Crippen LogP contribution in [0.3, 0.4) is 0 Å². The number of methoxy groups -OCH3 is 1. The normalized spacial score (nSPS) is 10.0. The fourth-order valence-corrected chi connectivity index (χ4v) is 1.22. The van der Waals surface area contributed by atoms with Crippen LogP contribution in [0.5, 0.6) is 5.75 Å². The van der Waals surface area contributed by atoms with E-state index in [0.717, 1.165) is 0 Å². The summed E-state index contributed by atoms with van der Waals surface area (Å²) in [6, 6.07) is 4.32. The van der Waals surface area contributed by atoms with Gasteiger partial charge in [-0.1, -0.05) is 11.6 Å². The lowest BCUT2D eigenvalue weighted by Crippen LogP contribution is -2.05. The summed E-state index contributed by atoms with van der Waals surface area (Å²) in [5, 5.41) is 8.98. The van der Waals surface area contributed by atoms with Gasteiger partial charge in [-0.2, -0.15) is 0 Å². The molecule has 0 atom stereocenters. The summed E-state index contributed by atoms with van der Waals surface area (Å²) < 4.78 is 10.1. The fourth-order valence-electron chi connectivity index (χ4n) is 0.986. The number of halogens is 1. The molecule has 0 spiro atoms. The van der Waals surface area contributed by atoms with Crippen molar-refractivity contribution in [2.24, 2.45) is 0 Å². The van der Waals surface area contributed by atoms with Gasteiger partial charge in [0.25, 0.3) is 0 Å². The summed E-state index contributed by atoms with van der Waals surface area (Å²) in [6.07, 6.45) is 0. The van der Waals surface area contributed by atoms with E-state index < -0.39 is 5.97 Å². The average molecular weight is 231 g/mol. The van der Waals surface area contributed by atoms with E-state index in [-0.39, 0.29) is 10.6 Å². The Bertz CT molecular complexity index is 351. The highest BCUT2D eigenvalue weighted by Crippen LogP contribution is 2.25. The van der Waals surface area contributed by atoms with E-state index in [2.05, 4.69) is 0 Å². The highest BCUT2D eigenvalue weighted by atomic mass is 35.5. The van der Waals surface area contributed by atoms with Gasteiger partial charge < -0.3 is 14.6 Å². The number of carboxylic acids is 1. The molecule has 82 valence electrons. The van der Waals surface area contributed by atoms with Gasteiger partial charge in [0.05, 0.1) is 17.2 Å². The van der Waals surface area contributed by atoms with Crippen molar-refractivity contribution in [3.8, 4) is 5.75 Å². The monoisotopic (exact) mass is 230 g/mol. The Morgan fingerprint density at radius 3 is 2.73 bits per heavy atom. The highest BCUT2D eigenvalue weighted by molar-refractivity contribution is 6.32. The Hall–Kier alpha value is -1.26. The molecule has 0 aliphatic carbocycles. The third-order valence-corrected chi connectivity index (χ3v) is 2.02. The molecule has 5 heteroatoms. The second kappa shape index (κ2) is 5.58. The summed E-state index contributed by atoms with van der Waals surface area (Å²) in [5.41, 5.74) is 0.138. The number of aromatic carboxylic acids is 1. The second-order valence-electron chi connectivity index (χ2n) is 2.79. The van der Waals surface area contributed by atoms with E-state index in [1.807, 2.05) is 0 Å². The molecule has 4 nitrogen and oxygen atoms in total. The van der Waals surface area contributed by atoms with Crippen LogP contribution < -0.4 is 4.74 Å². The number of ether oxygens (including phenoxy) is 2. The molecular weight excluding hydrogens is 220 g/mol. The topological polar surface area (TPSA) is 55.8 Å². The molecule has 1 N–H and O–H groups in total. The molecule has 0 saturated carbocycles. The van der Waals surface area contributed by atoms with E-state index in [0.29, 0.717) is 19.0 Å². The SMILES string of the molecule is COCCOc1ccc(C(=O)O)cc1Cl. The molecule has 0 saturated heterocycles. The molecule has 0 unspecified atom stereocenters. The maximum atomic E-state index is 10.6. The Kier molecular flexibility index (Phi) is 4.39. The van der Waals surface area contributed by atoms with Crippen molar-refractivity contribution in [1.29, 1.82) is 0 Å². The van der Waals surface area contributed by atoms with Crippen molar-refractivity contribution >= 4 is 17.6 Å². The van der Waals surface area contributed by atoms with Crippen LogP contribution in [0.4, 0.5) is 0 Å². The lowest BCUT2D eigenvalue weighted by molar-refractivity contribution is 0.0697. The van der Waals surface area contributed by atoms with Crippen LogP contribution in [-0.2, 0) is 4.74 Å². The first-order chi connectivity index (χ1) is 7.15. The zero-order chi connectivity index (χ0) is 11.3. The summed E-state index contributed by atoms with van der Waals surface area (Å²) in [5.74, 6) is -0.556. The van der Waals surface area contributed by atoms with Gasteiger partial charge in [-0.25, -0.2) is 4.79 Å². The molecule has 0 heterocycles. The van der Waals surface area contributed by atoms with Crippen molar-refractivity contribution in [3.63, 3.8) is 0 Å². The zero-order valence-corrected chi connectivity index (χ0v) is 8.95. The quantitative estimate of drug-likeness (QED) is 0.787. The summed E-state index contributed by atoms with van der Waals surface area (Å²) >= 11 is 5.82. The van der Waals surface area contributed by atoms with Crippen molar-refractivity contribution in [2.45, 2.75) is 0 Å². The first kappa shape index (κ1) is 11.8. The lowest BCUT2D eigenvalue weighted by atomic mass is 10.2. The smallest absolute Gasteiger partial charge is 0.335 e. The number of hydrogen-bond donors (Lipinski definition) is 1. The number of hydrogen-bond acceptors (Lipinski definition) is 3. The maximum Gasteiger partial charge on any atom is 0.335 e. The third-order valence-electron chi connectivity index (χ3n) is 1.72. The van der Waals surface area contributed by atoms with E-state index in [1.165, 1.54) is 18.2 Å². The Labute approximate surface area is 92.4 Å². The van der Waals surface area contributed by atoms with Crippen LogP contribution in [0.1, 0.15) is 10.4 Å². The Balaban J connectivity index is 2.70.